The van der Waals surface area contributed by atoms with Gasteiger partial charge in [-0.2, -0.15) is 0 Å². The number of methoxy groups -OCH3 is 1. The van der Waals surface area contributed by atoms with Crippen LogP contribution < -0.4 is 5.32 Å². The number of nitrogens with one attached hydrogen (secondary N) is 1. The monoisotopic (exact) mass is 253 g/mol. The van der Waals surface area contributed by atoms with Gasteiger partial charge in [0.2, 0.25) is 0 Å². The molecule has 1 aliphatic rings. The molecule has 1 aromatic heterocycles. The third kappa shape index (κ3) is 3.57. The van der Waals surface area contributed by atoms with Crippen molar-refractivity contribution in [3.63, 3.8) is 0 Å². The highest BCUT2D eigenvalue weighted by molar-refractivity contribution is 5.15. The Morgan fingerprint density at radius 2 is 2.22 bits per heavy atom. The predicted octanol–water partition coefficient (Wildman–Crippen LogP) is 2.47. The van der Waals surface area contributed by atoms with E-state index in [2.05, 4.69) is 5.32 Å². The van der Waals surface area contributed by atoms with Crippen molar-refractivity contribution in [1.29, 1.82) is 0 Å². The van der Waals surface area contributed by atoms with Gasteiger partial charge in [0.15, 0.2) is 0 Å². The second-order valence-corrected chi connectivity index (χ2v) is 4.86. The van der Waals surface area contributed by atoms with Crippen LogP contribution in [0.2, 0.25) is 0 Å². The molecule has 1 fully saturated rings. The van der Waals surface area contributed by atoms with Gasteiger partial charge in [-0.15, -0.1) is 0 Å². The summed E-state index contributed by atoms with van der Waals surface area (Å²) in [7, 11) is 3.71. The number of furan rings is 1. The summed E-state index contributed by atoms with van der Waals surface area (Å²) in [4.78, 5) is 0. The van der Waals surface area contributed by atoms with Crippen LogP contribution >= 0.6 is 0 Å². The van der Waals surface area contributed by atoms with Gasteiger partial charge in [-0.25, -0.2) is 0 Å². The van der Waals surface area contributed by atoms with Gasteiger partial charge in [0.25, 0.3) is 0 Å². The highest BCUT2D eigenvalue weighted by Crippen LogP contribution is 2.24. The minimum atomic E-state index is 0.302. The van der Waals surface area contributed by atoms with Crippen molar-refractivity contribution in [3.8, 4) is 0 Å². The standard InChI is InChI=1S/C14H23NO3/c1-15-9-11-6-7-17-14(11)10-18-13-5-3-4-12(8-13)16-2/h6-7,12-13,15H,3-5,8-10H2,1-2H3. The first-order valence-corrected chi connectivity index (χ1v) is 6.67. The van der Waals surface area contributed by atoms with Gasteiger partial charge < -0.3 is 19.2 Å². The molecule has 1 N–H and O–H groups in total. The van der Waals surface area contributed by atoms with E-state index in [-0.39, 0.29) is 0 Å². The SMILES string of the molecule is CNCc1ccoc1COC1CCCC(OC)C1. The van der Waals surface area contributed by atoms with Crippen LogP contribution in [0.15, 0.2) is 16.7 Å². The van der Waals surface area contributed by atoms with E-state index in [0.717, 1.165) is 31.6 Å². The second-order valence-electron chi connectivity index (χ2n) is 4.86. The van der Waals surface area contributed by atoms with E-state index >= 15 is 0 Å². The van der Waals surface area contributed by atoms with Crippen molar-refractivity contribution >= 4 is 0 Å². The molecule has 0 saturated heterocycles. The van der Waals surface area contributed by atoms with Crippen molar-refractivity contribution in [3.05, 3.63) is 23.7 Å². The molecule has 0 spiro atoms. The molecular formula is C14H23NO3. The molecule has 1 heterocycles. The van der Waals surface area contributed by atoms with Crippen molar-refractivity contribution in [1.82, 2.24) is 5.32 Å². The lowest BCUT2D eigenvalue weighted by molar-refractivity contribution is -0.0407. The van der Waals surface area contributed by atoms with Crippen molar-refractivity contribution < 1.29 is 13.9 Å². The zero-order valence-electron chi connectivity index (χ0n) is 11.3. The van der Waals surface area contributed by atoms with Crippen LogP contribution in [0.4, 0.5) is 0 Å². The van der Waals surface area contributed by atoms with Gasteiger partial charge in [-0.1, -0.05) is 0 Å². The average Bonchev–Trinajstić information content (AvgIpc) is 2.85. The van der Waals surface area contributed by atoms with E-state index < -0.39 is 0 Å². The summed E-state index contributed by atoms with van der Waals surface area (Å²) in [6.07, 6.45) is 6.85. The maximum atomic E-state index is 5.94. The van der Waals surface area contributed by atoms with Crippen molar-refractivity contribution in [2.24, 2.45) is 0 Å². The molecule has 2 unspecified atom stereocenters. The topological polar surface area (TPSA) is 43.6 Å². The van der Waals surface area contributed by atoms with Gasteiger partial charge in [0.1, 0.15) is 12.4 Å². The molecule has 1 aliphatic carbocycles. The molecule has 0 amide bonds. The van der Waals surface area contributed by atoms with Crippen LogP contribution in [0.5, 0.6) is 0 Å². The maximum Gasteiger partial charge on any atom is 0.133 e. The number of ether oxygens (including phenoxy) is 2. The van der Waals surface area contributed by atoms with Crippen molar-refractivity contribution in [2.75, 3.05) is 14.2 Å². The summed E-state index contributed by atoms with van der Waals surface area (Å²) >= 11 is 0. The Hall–Kier alpha value is -0.840. The largest absolute Gasteiger partial charge is 0.467 e. The quantitative estimate of drug-likeness (QED) is 0.846. The third-order valence-corrected chi connectivity index (χ3v) is 3.57. The first kappa shape index (κ1) is 13.6. The van der Waals surface area contributed by atoms with Crippen LogP contribution in [0, 0.1) is 0 Å². The molecule has 102 valence electrons. The molecule has 4 nitrogen and oxygen atoms in total. The van der Waals surface area contributed by atoms with E-state index in [0.29, 0.717) is 18.8 Å². The van der Waals surface area contributed by atoms with Gasteiger partial charge in [-0.3, -0.25) is 0 Å². The fourth-order valence-corrected chi connectivity index (χ4v) is 2.50. The molecule has 2 atom stereocenters. The fraction of sp³-hybridized carbons (Fsp3) is 0.714. The normalized spacial score (nSPS) is 24.3. The van der Waals surface area contributed by atoms with Gasteiger partial charge >= 0.3 is 0 Å². The molecule has 2 rings (SSSR count). The Balaban J connectivity index is 1.81. The molecule has 0 radical (unpaired) electrons. The zero-order valence-corrected chi connectivity index (χ0v) is 11.3. The highest BCUT2D eigenvalue weighted by atomic mass is 16.5. The lowest BCUT2D eigenvalue weighted by atomic mass is 9.95. The van der Waals surface area contributed by atoms with Gasteiger partial charge in [0, 0.05) is 19.2 Å². The molecule has 1 aromatic rings. The van der Waals surface area contributed by atoms with Crippen LogP contribution in [-0.2, 0) is 22.6 Å². The van der Waals surface area contributed by atoms with E-state index in [9.17, 15) is 0 Å². The minimum Gasteiger partial charge on any atom is -0.467 e. The molecule has 4 heteroatoms. The van der Waals surface area contributed by atoms with Crippen LogP contribution in [0.1, 0.15) is 37.0 Å². The highest BCUT2D eigenvalue weighted by Gasteiger charge is 2.22. The fourth-order valence-electron chi connectivity index (χ4n) is 2.50. The van der Waals surface area contributed by atoms with Crippen LogP contribution in [-0.4, -0.2) is 26.4 Å². The van der Waals surface area contributed by atoms with Crippen molar-refractivity contribution in [2.45, 2.75) is 51.0 Å². The molecule has 0 aromatic carbocycles. The lowest BCUT2D eigenvalue weighted by Gasteiger charge is -2.28. The smallest absolute Gasteiger partial charge is 0.133 e. The third-order valence-electron chi connectivity index (χ3n) is 3.57. The molecule has 0 bridgehead atoms. The number of rotatable bonds is 6. The molecule has 1 saturated carbocycles. The molecule has 0 aliphatic heterocycles. The molecule has 18 heavy (non-hydrogen) atoms. The number of hydrogen-bond acceptors (Lipinski definition) is 4. The summed E-state index contributed by atoms with van der Waals surface area (Å²) in [5, 5.41) is 3.13. The van der Waals surface area contributed by atoms with E-state index in [1.165, 1.54) is 12.0 Å². The Morgan fingerprint density at radius 1 is 1.39 bits per heavy atom. The Bertz CT molecular complexity index is 351. The molecular weight excluding hydrogens is 230 g/mol. The lowest BCUT2D eigenvalue weighted by Crippen LogP contribution is -2.27. The predicted molar refractivity (Wildman–Crippen MR) is 69.3 cm³/mol. The average molecular weight is 253 g/mol. The summed E-state index contributed by atoms with van der Waals surface area (Å²) < 4.78 is 16.8. The summed E-state index contributed by atoms with van der Waals surface area (Å²) in [5.74, 6) is 0.934. The summed E-state index contributed by atoms with van der Waals surface area (Å²) in [6, 6.07) is 1.99. The second kappa shape index (κ2) is 6.92. The van der Waals surface area contributed by atoms with Gasteiger partial charge in [-0.05, 0) is 38.8 Å². The van der Waals surface area contributed by atoms with E-state index in [4.69, 9.17) is 13.9 Å². The Kier molecular flexibility index (Phi) is 5.23. The Morgan fingerprint density at radius 3 is 3.00 bits per heavy atom. The van der Waals surface area contributed by atoms with Crippen LogP contribution in [0.25, 0.3) is 0 Å². The first-order chi connectivity index (χ1) is 8.83. The first-order valence-electron chi connectivity index (χ1n) is 6.67. The van der Waals surface area contributed by atoms with Gasteiger partial charge in [0.05, 0.1) is 18.5 Å². The minimum absolute atomic E-state index is 0.302. The van der Waals surface area contributed by atoms with E-state index in [1.54, 1.807) is 13.4 Å². The number of hydrogen-bond donors (Lipinski definition) is 1. The van der Waals surface area contributed by atoms with E-state index in [1.807, 2.05) is 13.1 Å². The van der Waals surface area contributed by atoms with Crippen LogP contribution in [0.3, 0.4) is 0 Å². The zero-order chi connectivity index (χ0) is 12.8. The summed E-state index contributed by atoms with van der Waals surface area (Å²) in [6.45, 7) is 1.38. The Labute approximate surface area is 109 Å². The maximum absolute atomic E-state index is 5.94. The summed E-state index contributed by atoms with van der Waals surface area (Å²) in [5.41, 5.74) is 1.18.